The fourth-order valence-corrected chi connectivity index (χ4v) is 3.05. The molecule has 144 valence electrons. The summed E-state index contributed by atoms with van der Waals surface area (Å²) < 4.78 is 40.9. The Labute approximate surface area is 159 Å². The summed E-state index contributed by atoms with van der Waals surface area (Å²) in [5, 5.41) is 11.8. The van der Waals surface area contributed by atoms with Crippen molar-refractivity contribution in [2.75, 3.05) is 18.9 Å². The second-order valence-corrected chi connectivity index (χ2v) is 6.40. The molecular formula is C20H17F3N4O. The number of hydrogen-bond donors (Lipinski definition) is 1. The molecule has 3 aromatic rings. The molecule has 0 radical (unpaired) electrons. The zero-order valence-corrected chi connectivity index (χ0v) is 15.0. The molecule has 2 aromatic heterocycles. The van der Waals surface area contributed by atoms with Crippen molar-refractivity contribution in [2.45, 2.75) is 12.7 Å². The Balaban J connectivity index is 1.70. The number of alkyl halides is 3. The number of nitriles is 1. The molecule has 0 spiro atoms. The Hall–Kier alpha value is -3.31. The first-order valence-electron chi connectivity index (χ1n) is 8.43. The van der Waals surface area contributed by atoms with Crippen molar-refractivity contribution in [2.24, 2.45) is 0 Å². The maximum absolute atomic E-state index is 13.0. The molecule has 0 aliphatic carbocycles. The van der Waals surface area contributed by atoms with E-state index in [2.05, 4.69) is 11.4 Å². The van der Waals surface area contributed by atoms with E-state index in [1.807, 2.05) is 28.8 Å². The lowest BCUT2D eigenvalue weighted by Crippen LogP contribution is -2.30. The number of carbonyl (C=O) groups is 1. The number of amides is 1. The van der Waals surface area contributed by atoms with Gasteiger partial charge in [0.15, 0.2) is 0 Å². The number of halogens is 3. The van der Waals surface area contributed by atoms with Gasteiger partial charge in [0.05, 0.1) is 28.9 Å². The number of anilines is 1. The van der Waals surface area contributed by atoms with Crippen LogP contribution in [0.5, 0.6) is 0 Å². The van der Waals surface area contributed by atoms with Crippen LogP contribution in [0.15, 0.2) is 54.9 Å². The number of carbonyl (C=O) groups excluding carboxylic acids is 1. The molecular weight excluding hydrogens is 369 g/mol. The van der Waals surface area contributed by atoms with Gasteiger partial charge in [-0.05, 0) is 31.3 Å². The minimum atomic E-state index is -4.55. The summed E-state index contributed by atoms with van der Waals surface area (Å²) in [5.41, 5.74) is 0.837. The number of nitrogens with zero attached hydrogens (tertiary/aromatic N) is 3. The zero-order chi connectivity index (χ0) is 20.3. The summed E-state index contributed by atoms with van der Waals surface area (Å²) in [4.78, 5) is 13.9. The van der Waals surface area contributed by atoms with E-state index in [1.54, 1.807) is 18.1 Å². The highest BCUT2D eigenvalue weighted by atomic mass is 19.4. The van der Waals surface area contributed by atoms with Gasteiger partial charge < -0.3 is 9.72 Å². The maximum atomic E-state index is 13.0. The number of fused-ring (bicyclic) bond motifs is 1. The van der Waals surface area contributed by atoms with Gasteiger partial charge in [-0.15, -0.1) is 0 Å². The molecule has 0 saturated carbocycles. The zero-order valence-electron chi connectivity index (χ0n) is 15.0. The largest absolute Gasteiger partial charge is 0.418 e. The topological polar surface area (TPSA) is 60.5 Å². The molecule has 0 aliphatic rings. The number of rotatable bonds is 5. The Bertz CT molecular complexity index is 1050. The van der Waals surface area contributed by atoms with E-state index in [0.29, 0.717) is 12.1 Å². The first kappa shape index (κ1) is 19.5. The molecule has 28 heavy (non-hydrogen) atoms. The molecule has 2 heterocycles. The van der Waals surface area contributed by atoms with Crippen molar-refractivity contribution >= 4 is 17.1 Å². The molecule has 0 bridgehead atoms. The molecule has 1 N–H and O–H groups in total. The Kier molecular flexibility index (Phi) is 5.38. The van der Waals surface area contributed by atoms with E-state index >= 15 is 0 Å². The van der Waals surface area contributed by atoms with Gasteiger partial charge in [-0.25, -0.2) is 0 Å². The van der Waals surface area contributed by atoms with Gasteiger partial charge in [0.2, 0.25) is 5.91 Å². The normalized spacial score (nSPS) is 11.6. The molecule has 0 saturated heterocycles. The third-order valence-electron chi connectivity index (χ3n) is 4.23. The summed E-state index contributed by atoms with van der Waals surface area (Å²) in [5.74, 6) is -0.568. The molecule has 3 rings (SSSR count). The second-order valence-electron chi connectivity index (χ2n) is 6.40. The number of para-hydroxylation sites is 1. The number of aromatic nitrogens is 1. The van der Waals surface area contributed by atoms with Crippen LogP contribution >= 0.6 is 0 Å². The van der Waals surface area contributed by atoms with E-state index in [1.165, 1.54) is 18.2 Å². The van der Waals surface area contributed by atoms with Crippen molar-refractivity contribution in [3.63, 3.8) is 0 Å². The van der Waals surface area contributed by atoms with Crippen LogP contribution in [0.3, 0.4) is 0 Å². The third-order valence-corrected chi connectivity index (χ3v) is 4.23. The van der Waals surface area contributed by atoms with Gasteiger partial charge in [-0.3, -0.25) is 9.69 Å². The van der Waals surface area contributed by atoms with Gasteiger partial charge in [-0.2, -0.15) is 18.4 Å². The molecule has 1 amide bonds. The summed E-state index contributed by atoms with van der Waals surface area (Å²) in [7, 11) is 1.67. The maximum Gasteiger partial charge on any atom is 0.418 e. The predicted octanol–water partition coefficient (Wildman–Crippen LogP) is 3.90. The van der Waals surface area contributed by atoms with Crippen LogP contribution in [0.25, 0.3) is 5.52 Å². The van der Waals surface area contributed by atoms with E-state index in [4.69, 9.17) is 0 Å². The molecule has 1 aromatic carbocycles. The SMILES string of the molecule is CN(CC(=O)Nc1ccccc1C(F)(F)F)Cc1cn2ccccc2c1C#N. The van der Waals surface area contributed by atoms with E-state index in [0.717, 1.165) is 17.1 Å². The predicted molar refractivity (Wildman–Crippen MR) is 98.5 cm³/mol. The molecule has 5 nitrogen and oxygen atoms in total. The fourth-order valence-electron chi connectivity index (χ4n) is 3.05. The standard InChI is InChI=1S/C20H17F3N4O/c1-26(11-14-12-27-9-5-4-8-18(27)15(14)10-24)13-19(28)25-17-7-3-2-6-16(17)20(21,22)23/h2-9,12H,11,13H2,1H3,(H,25,28). The number of hydrogen-bond acceptors (Lipinski definition) is 3. The highest BCUT2D eigenvalue weighted by Crippen LogP contribution is 2.34. The minimum Gasteiger partial charge on any atom is -0.324 e. The summed E-state index contributed by atoms with van der Waals surface area (Å²) in [6.07, 6.45) is -0.925. The van der Waals surface area contributed by atoms with Crippen LogP contribution in [0.1, 0.15) is 16.7 Å². The number of benzene rings is 1. The van der Waals surface area contributed by atoms with Gasteiger partial charge >= 0.3 is 6.18 Å². The lowest BCUT2D eigenvalue weighted by atomic mass is 10.1. The van der Waals surface area contributed by atoms with Crippen LogP contribution in [0.4, 0.5) is 18.9 Å². The highest BCUT2D eigenvalue weighted by Gasteiger charge is 2.33. The van der Waals surface area contributed by atoms with Crippen molar-refractivity contribution in [3.05, 3.63) is 71.5 Å². The third kappa shape index (κ3) is 4.15. The van der Waals surface area contributed by atoms with Crippen LogP contribution < -0.4 is 5.32 Å². The summed E-state index contributed by atoms with van der Waals surface area (Å²) in [6, 6.07) is 12.5. The first-order valence-corrected chi connectivity index (χ1v) is 8.43. The Morgan fingerprint density at radius 1 is 1.21 bits per heavy atom. The lowest BCUT2D eigenvalue weighted by Gasteiger charge is -2.17. The van der Waals surface area contributed by atoms with Gasteiger partial charge in [0.1, 0.15) is 6.07 Å². The monoisotopic (exact) mass is 386 g/mol. The minimum absolute atomic E-state index is 0.122. The number of pyridine rings is 1. The van der Waals surface area contributed by atoms with Gasteiger partial charge in [0.25, 0.3) is 0 Å². The highest BCUT2D eigenvalue weighted by molar-refractivity contribution is 5.93. The van der Waals surface area contributed by atoms with Crippen LogP contribution in [-0.4, -0.2) is 28.8 Å². The van der Waals surface area contributed by atoms with Crippen LogP contribution in [0.2, 0.25) is 0 Å². The van der Waals surface area contributed by atoms with Crippen LogP contribution in [-0.2, 0) is 17.5 Å². The molecule has 0 aliphatic heterocycles. The number of nitrogens with one attached hydrogen (secondary N) is 1. The van der Waals surface area contributed by atoms with Gasteiger partial charge in [-0.1, -0.05) is 18.2 Å². The molecule has 8 heteroatoms. The molecule has 0 unspecified atom stereocenters. The quantitative estimate of drug-likeness (QED) is 0.724. The smallest absolute Gasteiger partial charge is 0.324 e. The van der Waals surface area contributed by atoms with Crippen molar-refractivity contribution in [3.8, 4) is 6.07 Å². The Morgan fingerprint density at radius 3 is 2.64 bits per heavy atom. The lowest BCUT2D eigenvalue weighted by molar-refractivity contribution is -0.137. The average molecular weight is 386 g/mol. The van der Waals surface area contributed by atoms with E-state index in [-0.39, 0.29) is 12.2 Å². The van der Waals surface area contributed by atoms with E-state index < -0.39 is 17.6 Å². The molecule has 0 fully saturated rings. The number of likely N-dealkylation sites (N-methyl/N-ethyl adjacent to an activating group) is 1. The second kappa shape index (κ2) is 7.74. The van der Waals surface area contributed by atoms with Gasteiger partial charge in [0, 0.05) is 24.5 Å². The van der Waals surface area contributed by atoms with Crippen LogP contribution in [0, 0.1) is 11.3 Å². The summed E-state index contributed by atoms with van der Waals surface area (Å²) in [6.45, 7) is 0.183. The van der Waals surface area contributed by atoms with Crippen molar-refractivity contribution < 1.29 is 18.0 Å². The first-order chi connectivity index (χ1) is 13.3. The van der Waals surface area contributed by atoms with Crippen molar-refractivity contribution in [1.82, 2.24) is 9.30 Å². The van der Waals surface area contributed by atoms with E-state index in [9.17, 15) is 23.2 Å². The summed E-state index contributed by atoms with van der Waals surface area (Å²) >= 11 is 0. The molecule has 0 atom stereocenters. The average Bonchev–Trinajstić information content (AvgIpc) is 2.97. The van der Waals surface area contributed by atoms with Crippen molar-refractivity contribution in [1.29, 1.82) is 5.26 Å². The Morgan fingerprint density at radius 2 is 1.93 bits per heavy atom. The fraction of sp³-hybridized carbons (Fsp3) is 0.200.